The molecule has 1 aromatic heterocycles. The molecule has 1 unspecified atom stereocenters. The van der Waals surface area contributed by atoms with Crippen molar-refractivity contribution in [1.82, 2.24) is 14.5 Å². The Morgan fingerprint density at radius 2 is 2.32 bits per heavy atom. The Morgan fingerprint density at radius 1 is 1.58 bits per heavy atom. The number of ether oxygens (including phenoxy) is 1. The third-order valence-corrected chi connectivity index (χ3v) is 5.33. The summed E-state index contributed by atoms with van der Waals surface area (Å²) >= 11 is 0. The average molecular weight is 289 g/mol. The number of aliphatic hydroxyl groups is 1. The number of hydrogen-bond donors (Lipinski definition) is 2. The van der Waals surface area contributed by atoms with Crippen molar-refractivity contribution in [3.8, 4) is 0 Å². The van der Waals surface area contributed by atoms with Crippen molar-refractivity contribution < 1.29 is 18.3 Å². The standard InChI is InChI=1S/C11H19N3O4S/c1-3-9-6-14(4-5-18-9)19(16,17)11-8(2)12-13-10(11)7-15/h9,15H,3-7H2,1-2H3,(H,12,13). The topological polar surface area (TPSA) is 95.5 Å². The van der Waals surface area contributed by atoms with Crippen molar-refractivity contribution in [2.75, 3.05) is 19.7 Å². The second-order valence-electron chi connectivity index (χ2n) is 4.55. The molecule has 108 valence electrons. The van der Waals surface area contributed by atoms with Crippen LogP contribution in [0.2, 0.25) is 0 Å². The van der Waals surface area contributed by atoms with Gasteiger partial charge in [0.2, 0.25) is 10.0 Å². The van der Waals surface area contributed by atoms with Crippen molar-refractivity contribution in [3.05, 3.63) is 11.4 Å². The van der Waals surface area contributed by atoms with Crippen molar-refractivity contribution in [1.29, 1.82) is 0 Å². The fraction of sp³-hybridized carbons (Fsp3) is 0.727. The maximum Gasteiger partial charge on any atom is 0.247 e. The Morgan fingerprint density at radius 3 is 2.95 bits per heavy atom. The summed E-state index contributed by atoms with van der Waals surface area (Å²) in [5.74, 6) is 0. The van der Waals surface area contributed by atoms with Crippen LogP contribution in [0.3, 0.4) is 0 Å². The predicted octanol–water partition coefficient (Wildman–Crippen LogP) is 0.00992. The second kappa shape index (κ2) is 5.58. The van der Waals surface area contributed by atoms with Crippen LogP contribution in [0.25, 0.3) is 0 Å². The van der Waals surface area contributed by atoms with Crippen molar-refractivity contribution >= 4 is 10.0 Å². The third-order valence-electron chi connectivity index (χ3n) is 3.27. The van der Waals surface area contributed by atoms with Crippen LogP contribution in [0.15, 0.2) is 4.90 Å². The molecule has 7 nitrogen and oxygen atoms in total. The summed E-state index contributed by atoms with van der Waals surface area (Å²) in [5.41, 5.74) is 0.612. The summed E-state index contributed by atoms with van der Waals surface area (Å²) < 4.78 is 32.1. The number of aromatic amines is 1. The Balaban J connectivity index is 2.34. The van der Waals surface area contributed by atoms with Crippen LogP contribution in [0, 0.1) is 6.92 Å². The number of hydrogen-bond acceptors (Lipinski definition) is 5. The Labute approximate surface area is 112 Å². The van der Waals surface area contributed by atoms with E-state index in [1.807, 2.05) is 6.92 Å². The van der Waals surface area contributed by atoms with Crippen LogP contribution in [-0.4, -0.2) is 53.8 Å². The molecule has 1 atom stereocenters. The number of rotatable bonds is 4. The SMILES string of the molecule is CCC1CN(S(=O)(=O)c2c(CO)n[nH]c2C)CCO1. The number of nitrogens with zero attached hydrogens (tertiary/aromatic N) is 2. The van der Waals surface area contributed by atoms with E-state index in [-0.39, 0.29) is 16.7 Å². The first kappa shape index (κ1) is 14.4. The quantitative estimate of drug-likeness (QED) is 0.814. The molecule has 1 fully saturated rings. The highest BCUT2D eigenvalue weighted by atomic mass is 32.2. The van der Waals surface area contributed by atoms with Crippen LogP contribution in [0.5, 0.6) is 0 Å². The van der Waals surface area contributed by atoms with Gasteiger partial charge in [0, 0.05) is 13.1 Å². The van der Waals surface area contributed by atoms with E-state index in [4.69, 9.17) is 4.74 Å². The molecule has 0 amide bonds. The van der Waals surface area contributed by atoms with Crippen LogP contribution >= 0.6 is 0 Å². The lowest BCUT2D eigenvalue weighted by Crippen LogP contribution is -2.45. The van der Waals surface area contributed by atoms with E-state index in [2.05, 4.69) is 10.2 Å². The molecule has 0 bridgehead atoms. The molecule has 1 aliphatic rings. The van der Waals surface area contributed by atoms with Crippen molar-refractivity contribution in [2.24, 2.45) is 0 Å². The lowest BCUT2D eigenvalue weighted by molar-refractivity contribution is -0.00281. The van der Waals surface area contributed by atoms with Crippen molar-refractivity contribution in [2.45, 2.75) is 37.9 Å². The number of aliphatic hydroxyl groups excluding tert-OH is 1. The van der Waals surface area contributed by atoms with E-state index in [1.54, 1.807) is 6.92 Å². The summed E-state index contributed by atoms with van der Waals surface area (Å²) in [4.78, 5) is 0.0896. The normalized spacial score (nSPS) is 21.7. The monoisotopic (exact) mass is 289 g/mol. The molecule has 1 aromatic rings. The van der Waals surface area contributed by atoms with E-state index in [0.29, 0.717) is 25.4 Å². The molecule has 0 aromatic carbocycles. The van der Waals surface area contributed by atoms with Gasteiger partial charge in [-0.1, -0.05) is 6.92 Å². The van der Waals surface area contributed by atoms with Gasteiger partial charge in [-0.15, -0.1) is 0 Å². The molecule has 2 rings (SSSR count). The van der Waals surface area contributed by atoms with Crippen LogP contribution in [0.4, 0.5) is 0 Å². The molecule has 19 heavy (non-hydrogen) atoms. The highest BCUT2D eigenvalue weighted by molar-refractivity contribution is 7.89. The van der Waals surface area contributed by atoms with Gasteiger partial charge in [-0.25, -0.2) is 8.42 Å². The molecule has 1 aliphatic heterocycles. The summed E-state index contributed by atoms with van der Waals surface area (Å²) in [5, 5.41) is 15.6. The van der Waals surface area contributed by atoms with Gasteiger partial charge in [0.25, 0.3) is 0 Å². The van der Waals surface area contributed by atoms with E-state index in [0.717, 1.165) is 6.42 Å². The number of aryl methyl sites for hydroxylation is 1. The predicted molar refractivity (Wildman–Crippen MR) is 68.0 cm³/mol. The van der Waals surface area contributed by atoms with Gasteiger partial charge in [0.05, 0.1) is 25.0 Å². The van der Waals surface area contributed by atoms with Gasteiger partial charge in [0.1, 0.15) is 10.6 Å². The van der Waals surface area contributed by atoms with E-state index in [9.17, 15) is 13.5 Å². The van der Waals surface area contributed by atoms with Gasteiger partial charge in [-0.3, -0.25) is 5.10 Å². The molecule has 0 aliphatic carbocycles. The van der Waals surface area contributed by atoms with Gasteiger partial charge in [-0.2, -0.15) is 9.40 Å². The first-order valence-corrected chi connectivity index (χ1v) is 7.71. The van der Waals surface area contributed by atoms with E-state index in [1.165, 1.54) is 4.31 Å². The summed E-state index contributed by atoms with van der Waals surface area (Å²) in [7, 11) is -3.64. The minimum atomic E-state index is -3.64. The molecule has 0 radical (unpaired) electrons. The van der Waals surface area contributed by atoms with E-state index >= 15 is 0 Å². The fourth-order valence-electron chi connectivity index (χ4n) is 2.21. The first-order chi connectivity index (χ1) is 9.00. The van der Waals surface area contributed by atoms with Gasteiger partial charge in [0.15, 0.2) is 0 Å². The minimum absolute atomic E-state index is 0.0756. The number of aromatic nitrogens is 2. The molecule has 8 heteroatoms. The smallest absolute Gasteiger partial charge is 0.247 e. The molecule has 2 N–H and O–H groups in total. The maximum absolute atomic E-state index is 12.6. The Kier molecular flexibility index (Phi) is 4.24. The number of sulfonamides is 1. The highest BCUT2D eigenvalue weighted by Gasteiger charge is 2.34. The van der Waals surface area contributed by atoms with Gasteiger partial charge in [-0.05, 0) is 13.3 Å². The molecular formula is C11H19N3O4S. The highest BCUT2D eigenvalue weighted by Crippen LogP contribution is 2.24. The lowest BCUT2D eigenvalue weighted by atomic mass is 10.2. The first-order valence-electron chi connectivity index (χ1n) is 6.27. The number of H-pyrrole nitrogens is 1. The largest absolute Gasteiger partial charge is 0.390 e. The lowest BCUT2D eigenvalue weighted by Gasteiger charge is -2.31. The zero-order valence-corrected chi connectivity index (χ0v) is 11.9. The molecule has 0 saturated carbocycles. The zero-order chi connectivity index (χ0) is 14.0. The summed E-state index contributed by atoms with van der Waals surface area (Å²) in [6, 6.07) is 0. The Hall–Kier alpha value is -0.960. The third kappa shape index (κ3) is 2.66. The van der Waals surface area contributed by atoms with Crippen LogP contribution < -0.4 is 0 Å². The molecule has 1 saturated heterocycles. The molecule has 0 spiro atoms. The van der Waals surface area contributed by atoms with E-state index < -0.39 is 16.6 Å². The molecular weight excluding hydrogens is 270 g/mol. The summed E-state index contributed by atoms with van der Waals surface area (Å²) in [6.07, 6.45) is 0.691. The Bertz CT molecular complexity index is 540. The fourth-order valence-corrected chi connectivity index (χ4v) is 3.98. The zero-order valence-electron chi connectivity index (χ0n) is 11.1. The molecule has 2 heterocycles. The second-order valence-corrected chi connectivity index (χ2v) is 6.42. The average Bonchev–Trinajstić information content (AvgIpc) is 2.80. The minimum Gasteiger partial charge on any atom is -0.390 e. The number of nitrogens with one attached hydrogen (secondary N) is 1. The summed E-state index contributed by atoms with van der Waals surface area (Å²) in [6.45, 7) is 4.26. The van der Waals surface area contributed by atoms with Crippen LogP contribution in [0.1, 0.15) is 24.7 Å². The van der Waals surface area contributed by atoms with Crippen LogP contribution in [-0.2, 0) is 21.4 Å². The van der Waals surface area contributed by atoms with Gasteiger partial charge < -0.3 is 9.84 Å². The maximum atomic E-state index is 12.6. The number of morpholine rings is 1. The van der Waals surface area contributed by atoms with Gasteiger partial charge >= 0.3 is 0 Å². The van der Waals surface area contributed by atoms with Crippen molar-refractivity contribution in [3.63, 3.8) is 0 Å².